The molecule has 0 bridgehead atoms. The van der Waals surface area contributed by atoms with Gasteiger partial charge in [-0.25, -0.2) is 9.59 Å². The Hall–Kier alpha value is -1.00. The van der Waals surface area contributed by atoms with Crippen molar-refractivity contribution in [2.45, 2.75) is 0 Å². The SMILES string of the molecule is COC(=O)/C=C(/C=C(Cl)Cl)C(=O)OC. The Morgan fingerprint density at radius 3 is 2.00 bits per heavy atom. The summed E-state index contributed by atoms with van der Waals surface area (Å²) in [5, 5.41) is 0. The van der Waals surface area contributed by atoms with E-state index >= 15 is 0 Å². The maximum Gasteiger partial charge on any atom is 0.338 e. The Morgan fingerprint density at radius 1 is 1.07 bits per heavy atom. The lowest BCUT2D eigenvalue weighted by Gasteiger charge is -1.99. The van der Waals surface area contributed by atoms with Crippen LogP contribution in [0.15, 0.2) is 22.2 Å². The zero-order chi connectivity index (χ0) is 11.1. The number of hydrogen-bond acceptors (Lipinski definition) is 4. The summed E-state index contributed by atoms with van der Waals surface area (Å²) in [4.78, 5) is 21.8. The van der Waals surface area contributed by atoms with E-state index in [2.05, 4.69) is 9.47 Å². The molecule has 0 fully saturated rings. The van der Waals surface area contributed by atoms with E-state index in [9.17, 15) is 9.59 Å². The van der Waals surface area contributed by atoms with E-state index in [1.807, 2.05) is 0 Å². The quantitative estimate of drug-likeness (QED) is 0.426. The molecule has 0 saturated heterocycles. The van der Waals surface area contributed by atoms with Crippen molar-refractivity contribution < 1.29 is 19.1 Å². The van der Waals surface area contributed by atoms with Gasteiger partial charge < -0.3 is 9.47 Å². The highest BCUT2D eigenvalue weighted by Crippen LogP contribution is 2.12. The van der Waals surface area contributed by atoms with Crippen molar-refractivity contribution in [2.24, 2.45) is 0 Å². The molecule has 0 heterocycles. The molecule has 4 nitrogen and oxygen atoms in total. The molecule has 0 aromatic rings. The molecule has 0 radical (unpaired) electrons. The molecule has 0 aromatic heterocycles. The zero-order valence-corrected chi connectivity index (χ0v) is 9.06. The van der Waals surface area contributed by atoms with Crippen molar-refractivity contribution in [3.63, 3.8) is 0 Å². The molecular formula is C8H8Cl2O4. The summed E-state index contributed by atoms with van der Waals surface area (Å²) in [5.74, 6) is -1.43. The first kappa shape index (κ1) is 13.0. The standard InChI is InChI=1S/C8H8Cl2O4/c1-13-7(11)4-5(3-6(9)10)8(12)14-2/h3-4H,1-2H3/b5-4-. The molecular weight excluding hydrogens is 231 g/mol. The molecule has 0 atom stereocenters. The number of methoxy groups -OCH3 is 2. The fourth-order valence-corrected chi connectivity index (χ4v) is 0.816. The van der Waals surface area contributed by atoms with Crippen molar-refractivity contribution in [2.75, 3.05) is 14.2 Å². The van der Waals surface area contributed by atoms with Gasteiger partial charge in [0.05, 0.1) is 19.8 Å². The van der Waals surface area contributed by atoms with Gasteiger partial charge >= 0.3 is 11.9 Å². The fourth-order valence-electron chi connectivity index (χ4n) is 0.581. The second-order valence-electron chi connectivity index (χ2n) is 2.05. The van der Waals surface area contributed by atoms with Crippen LogP contribution in [0.4, 0.5) is 0 Å². The average Bonchev–Trinajstić information content (AvgIpc) is 2.14. The summed E-state index contributed by atoms with van der Waals surface area (Å²) in [6.07, 6.45) is 2.02. The molecule has 0 unspecified atom stereocenters. The first-order chi connectivity index (χ1) is 6.51. The zero-order valence-electron chi connectivity index (χ0n) is 7.54. The van der Waals surface area contributed by atoms with Gasteiger partial charge in [-0.1, -0.05) is 23.2 Å². The minimum atomic E-state index is -0.728. The third kappa shape index (κ3) is 4.89. The fraction of sp³-hybridized carbons (Fsp3) is 0.250. The highest BCUT2D eigenvalue weighted by Gasteiger charge is 2.10. The molecule has 14 heavy (non-hydrogen) atoms. The van der Waals surface area contributed by atoms with E-state index in [4.69, 9.17) is 23.2 Å². The second-order valence-corrected chi connectivity index (χ2v) is 3.06. The lowest BCUT2D eigenvalue weighted by molar-refractivity contribution is -0.138. The molecule has 0 aliphatic carbocycles. The number of carbonyl (C=O) groups is 2. The van der Waals surface area contributed by atoms with E-state index in [1.54, 1.807) is 0 Å². The predicted octanol–water partition coefficient (Wildman–Crippen LogP) is 1.58. The Morgan fingerprint density at radius 2 is 1.64 bits per heavy atom. The Kier molecular flexibility index (Phi) is 5.99. The summed E-state index contributed by atoms with van der Waals surface area (Å²) in [6.45, 7) is 0. The molecule has 0 aliphatic rings. The maximum absolute atomic E-state index is 11.0. The van der Waals surface area contributed by atoms with Crippen molar-refractivity contribution in [1.29, 1.82) is 0 Å². The van der Waals surface area contributed by atoms with Gasteiger partial charge in [0.1, 0.15) is 4.49 Å². The van der Waals surface area contributed by atoms with E-state index in [1.165, 1.54) is 14.2 Å². The molecule has 0 N–H and O–H groups in total. The number of ether oxygens (including phenoxy) is 2. The first-order valence-corrected chi connectivity index (χ1v) is 4.17. The van der Waals surface area contributed by atoms with Gasteiger partial charge in [-0.2, -0.15) is 0 Å². The molecule has 0 spiro atoms. The van der Waals surface area contributed by atoms with Crippen LogP contribution in [0.5, 0.6) is 0 Å². The van der Waals surface area contributed by atoms with Gasteiger partial charge in [-0.15, -0.1) is 0 Å². The minimum Gasteiger partial charge on any atom is -0.466 e. The lowest BCUT2D eigenvalue weighted by atomic mass is 10.2. The van der Waals surface area contributed by atoms with Crippen LogP contribution in [-0.2, 0) is 19.1 Å². The summed E-state index contributed by atoms with van der Waals surface area (Å²) in [5.41, 5.74) is -0.0839. The van der Waals surface area contributed by atoms with Crippen LogP contribution in [0.1, 0.15) is 0 Å². The van der Waals surface area contributed by atoms with E-state index < -0.39 is 11.9 Å². The van der Waals surface area contributed by atoms with Gasteiger partial charge in [0, 0.05) is 6.08 Å². The molecule has 0 rings (SSSR count). The van der Waals surface area contributed by atoms with Crippen LogP contribution in [0.25, 0.3) is 0 Å². The van der Waals surface area contributed by atoms with Gasteiger partial charge in [0.25, 0.3) is 0 Å². The van der Waals surface area contributed by atoms with Gasteiger partial charge in [0.2, 0.25) is 0 Å². The Balaban J connectivity index is 4.91. The lowest BCUT2D eigenvalue weighted by Crippen LogP contribution is -2.06. The molecule has 78 valence electrons. The summed E-state index contributed by atoms with van der Waals surface area (Å²) >= 11 is 10.7. The van der Waals surface area contributed by atoms with Crippen LogP contribution < -0.4 is 0 Å². The second kappa shape index (κ2) is 6.45. The van der Waals surface area contributed by atoms with Gasteiger partial charge in [-0.05, 0) is 6.08 Å². The van der Waals surface area contributed by atoms with Crippen molar-refractivity contribution in [1.82, 2.24) is 0 Å². The van der Waals surface area contributed by atoms with E-state index in [0.717, 1.165) is 12.2 Å². The molecule has 0 aromatic carbocycles. The van der Waals surface area contributed by atoms with Crippen LogP contribution >= 0.6 is 23.2 Å². The van der Waals surface area contributed by atoms with Crippen molar-refractivity contribution >= 4 is 35.1 Å². The number of esters is 2. The minimum absolute atomic E-state index is 0.0839. The number of halogens is 2. The van der Waals surface area contributed by atoms with E-state index in [0.29, 0.717) is 0 Å². The molecule has 0 amide bonds. The molecule has 6 heteroatoms. The highest BCUT2D eigenvalue weighted by atomic mass is 35.5. The van der Waals surface area contributed by atoms with Crippen molar-refractivity contribution in [3.05, 3.63) is 22.2 Å². The third-order valence-corrected chi connectivity index (χ3v) is 1.38. The maximum atomic E-state index is 11.0. The average molecular weight is 239 g/mol. The van der Waals surface area contributed by atoms with Crippen LogP contribution in [0.2, 0.25) is 0 Å². The van der Waals surface area contributed by atoms with Crippen LogP contribution in [-0.4, -0.2) is 26.2 Å². The first-order valence-electron chi connectivity index (χ1n) is 3.42. The highest BCUT2D eigenvalue weighted by molar-refractivity contribution is 6.56. The Labute approximate surface area is 91.1 Å². The predicted molar refractivity (Wildman–Crippen MR) is 51.9 cm³/mol. The topological polar surface area (TPSA) is 52.6 Å². The third-order valence-electron chi connectivity index (χ3n) is 1.16. The Bertz CT molecular complexity index is 290. The number of rotatable bonds is 3. The van der Waals surface area contributed by atoms with Crippen molar-refractivity contribution in [3.8, 4) is 0 Å². The number of carbonyl (C=O) groups excluding carboxylic acids is 2. The van der Waals surface area contributed by atoms with Gasteiger partial charge in [-0.3, -0.25) is 0 Å². The summed E-state index contributed by atoms with van der Waals surface area (Å²) < 4.78 is 8.54. The monoisotopic (exact) mass is 238 g/mol. The van der Waals surface area contributed by atoms with Crippen LogP contribution in [0, 0.1) is 0 Å². The van der Waals surface area contributed by atoms with E-state index in [-0.39, 0.29) is 10.1 Å². The summed E-state index contributed by atoms with van der Waals surface area (Å²) in [7, 11) is 2.35. The number of hydrogen-bond donors (Lipinski definition) is 0. The normalized spacial score (nSPS) is 10.4. The largest absolute Gasteiger partial charge is 0.466 e. The van der Waals surface area contributed by atoms with Crippen LogP contribution in [0.3, 0.4) is 0 Å². The van der Waals surface area contributed by atoms with Gasteiger partial charge in [0.15, 0.2) is 0 Å². The molecule has 0 aliphatic heterocycles. The molecule has 0 saturated carbocycles. The smallest absolute Gasteiger partial charge is 0.338 e. The summed E-state index contributed by atoms with van der Waals surface area (Å²) in [6, 6.07) is 0.